The Balaban J connectivity index is 0.000000513. The van der Waals surface area contributed by atoms with E-state index in [0.717, 1.165) is 132 Å². The van der Waals surface area contributed by atoms with Crippen molar-refractivity contribution in [3.63, 3.8) is 0 Å². The molecule has 120 heavy (non-hydrogen) atoms. The number of esters is 9. The SMILES string of the molecule is C.C.C.C.C.C.C.C.C.C.CCC(C)(C)C(=O)OC1(C(C)C)C2CC3CC(C2)CC1C3.CCC(C)(C)C(=O)OC12CC3CC(CC(O)(C3)C1)C2.CCC(C)(C)C(=O)OC1C2CC3CC1CC(C(=O)OCOCC1C4CC5CC(C4)CC1C5)(C3)C2.CCC(C)(C)C(=O)OC1CCOC1=O.CCC(C)(C)C(=O)OCC(=O)OC1C2CC3C(=O)OC1C3C2. The molecule has 0 radical (unpaired) electrons. The van der Waals surface area contributed by atoms with Crippen LogP contribution in [-0.2, 0) is 90.5 Å². The van der Waals surface area contributed by atoms with Gasteiger partial charge >= 0.3 is 53.7 Å². The molecule has 18 bridgehead atoms. The van der Waals surface area contributed by atoms with Gasteiger partial charge in [0.1, 0.15) is 29.5 Å². The highest BCUT2D eigenvalue weighted by atomic mass is 16.7. The van der Waals surface area contributed by atoms with Crippen LogP contribution >= 0.6 is 0 Å². The van der Waals surface area contributed by atoms with Gasteiger partial charge < -0.3 is 52.5 Å². The molecule has 10 atom stereocenters. The van der Waals surface area contributed by atoms with Crippen LogP contribution in [-0.4, -0.2) is 127 Å². The molecule has 20 heteroatoms. The summed E-state index contributed by atoms with van der Waals surface area (Å²) in [6.45, 7) is 34.3. The number of aliphatic hydroxyl groups is 1. The van der Waals surface area contributed by atoms with Crippen molar-refractivity contribution in [2.24, 2.45) is 139 Å². The Morgan fingerprint density at radius 3 is 1.35 bits per heavy atom. The monoisotopic (exact) mass is 1700 g/mol. The molecule has 20 aliphatic rings. The first-order valence-electron chi connectivity index (χ1n) is 43.7. The van der Waals surface area contributed by atoms with Gasteiger partial charge in [-0.3, -0.25) is 33.6 Å². The molecule has 18 saturated carbocycles. The Hall–Kier alpha value is -4.85. The van der Waals surface area contributed by atoms with Crippen molar-refractivity contribution >= 4 is 53.7 Å². The van der Waals surface area contributed by atoms with Gasteiger partial charge in [-0.15, -0.1) is 0 Å². The summed E-state index contributed by atoms with van der Waals surface area (Å²) in [5.41, 5.74) is -3.81. The van der Waals surface area contributed by atoms with Crippen LogP contribution in [0.4, 0.5) is 0 Å². The van der Waals surface area contributed by atoms with E-state index in [1.54, 1.807) is 27.7 Å². The summed E-state index contributed by atoms with van der Waals surface area (Å²) in [7, 11) is 0. The molecule has 10 unspecified atom stereocenters. The quantitative estimate of drug-likeness (QED) is 0.0431. The zero-order valence-electron chi connectivity index (χ0n) is 70.2. The van der Waals surface area contributed by atoms with E-state index in [1.807, 2.05) is 69.2 Å². The maximum Gasteiger partial charge on any atom is 0.347 e. The molecule has 700 valence electrons. The number of hydrogen-bond acceptors (Lipinski definition) is 20. The minimum absolute atomic E-state index is 0. The summed E-state index contributed by atoms with van der Waals surface area (Å²) in [4.78, 5) is 109. The van der Waals surface area contributed by atoms with Gasteiger partial charge in [-0.25, -0.2) is 9.59 Å². The highest BCUT2D eigenvalue weighted by molar-refractivity contribution is 5.83. The highest BCUT2D eigenvalue weighted by Crippen LogP contribution is 2.65. The maximum atomic E-state index is 13.3. The molecule has 1 N–H and O–H groups in total. The zero-order chi connectivity index (χ0) is 79.8. The van der Waals surface area contributed by atoms with E-state index in [-0.39, 0.29) is 182 Å². The first kappa shape index (κ1) is 111. The molecule has 20 fully saturated rings. The summed E-state index contributed by atoms with van der Waals surface area (Å²) in [6, 6.07) is 0. The Morgan fingerprint density at radius 1 is 0.450 bits per heavy atom. The number of cyclic esters (lactones) is 1. The molecule has 0 amide bonds. The third-order valence-corrected chi connectivity index (χ3v) is 32.1. The predicted octanol–water partition coefficient (Wildman–Crippen LogP) is 22.7. The summed E-state index contributed by atoms with van der Waals surface area (Å²) >= 11 is 0. The lowest BCUT2D eigenvalue weighted by Gasteiger charge is -2.62. The van der Waals surface area contributed by atoms with Gasteiger partial charge in [0.15, 0.2) is 13.4 Å². The number of rotatable bonds is 23. The van der Waals surface area contributed by atoms with E-state index in [2.05, 4.69) is 20.8 Å². The van der Waals surface area contributed by atoms with Crippen LogP contribution in [0.25, 0.3) is 0 Å². The summed E-state index contributed by atoms with van der Waals surface area (Å²) in [5.74, 6) is 8.36. The molecule has 0 aromatic carbocycles. The number of fused-ring (bicyclic) bond motifs is 1. The molecule has 2 saturated heterocycles. The minimum Gasteiger partial charge on any atom is -0.463 e. The summed E-state index contributed by atoms with van der Waals surface area (Å²) < 4.78 is 55.8. The second-order valence-electron chi connectivity index (χ2n) is 42.1. The Kier molecular flexibility index (Phi) is 39.5. The number of hydrogen-bond donors (Lipinski definition) is 1. The molecule has 20 nitrogen and oxygen atoms in total. The van der Waals surface area contributed by atoms with E-state index in [4.69, 9.17) is 47.4 Å². The molecule has 18 aliphatic carbocycles. The summed E-state index contributed by atoms with van der Waals surface area (Å²) in [5, 5.41) is 10.6. The number of carbonyl (C=O) groups excluding carboxylic acids is 9. The molecule has 0 aromatic rings. The van der Waals surface area contributed by atoms with Gasteiger partial charge in [0, 0.05) is 24.7 Å². The maximum absolute atomic E-state index is 13.3. The van der Waals surface area contributed by atoms with Crippen molar-refractivity contribution in [2.75, 3.05) is 26.6 Å². The van der Waals surface area contributed by atoms with Crippen molar-refractivity contribution in [1.29, 1.82) is 0 Å². The predicted molar refractivity (Wildman–Crippen MR) is 476 cm³/mol. The van der Waals surface area contributed by atoms with Gasteiger partial charge in [-0.05, 0) is 331 Å². The fourth-order valence-electron chi connectivity index (χ4n) is 24.6. The van der Waals surface area contributed by atoms with Gasteiger partial charge in [-0.2, -0.15) is 0 Å². The van der Waals surface area contributed by atoms with Crippen LogP contribution in [0.15, 0.2) is 0 Å². The third-order valence-electron chi connectivity index (χ3n) is 32.1. The van der Waals surface area contributed by atoms with Gasteiger partial charge in [0.05, 0.1) is 57.2 Å². The van der Waals surface area contributed by atoms with E-state index < -0.39 is 51.3 Å². The Bertz CT molecular complexity index is 3290. The molecular formula is C100H180O20. The fraction of sp³-hybridized carbons (Fsp3) is 0.910. The Morgan fingerprint density at radius 2 is 0.892 bits per heavy atom. The lowest BCUT2D eigenvalue weighted by Crippen LogP contribution is -2.63. The third kappa shape index (κ3) is 22.9. The normalized spacial score (nSPS) is 36.4. The van der Waals surface area contributed by atoms with Crippen LogP contribution in [0.1, 0.15) is 378 Å². The largest absolute Gasteiger partial charge is 0.463 e. The van der Waals surface area contributed by atoms with Crippen LogP contribution in [0.3, 0.4) is 0 Å². The van der Waals surface area contributed by atoms with Gasteiger partial charge in [0.2, 0.25) is 6.10 Å². The zero-order valence-corrected chi connectivity index (χ0v) is 70.2. The first-order chi connectivity index (χ1) is 51.6. The van der Waals surface area contributed by atoms with Crippen molar-refractivity contribution in [3.05, 3.63) is 0 Å². The highest BCUT2D eigenvalue weighted by Gasteiger charge is 2.66. The van der Waals surface area contributed by atoms with Crippen molar-refractivity contribution in [2.45, 2.75) is 419 Å². The second kappa shape index (κ2) is 42.6. The van der Waals surface area contributed by atoms with E-state index in [0.29, 0.717) is 85.6 Å². The average Bonchev–Trinajstić information content (AvgIpc) is 0.888. The second-order valence-corrected chi connectivity index (χ2v) is 42.1. The number of carbonyl (C=O) groups is 9. The summed E-state index contributed by atoms with van der Waals surface area (Å²) in [6.07, 6.45) is 28.5. The van der Waals surface area contributed by atoms with Gasteiger partial charge in [0.25, 0.3) is 0 Å². The molecule has 2 heterocycles. The average molecular weight is 1700 g/mol. The van der Waals surface area contributed by atoms with Gasteiger partial charge in [-0.1, -0.05) is 123 Å². The smallest absolute Gasteiger partial charge is 0.347 e. The minimum atomic E-state index is -0.687. The standard InChI is InChI=1S/C29H44O5.C19H32O2.C16H22O6.C16H26O3.C10H16O4.10CH4/c1-4-28(2,3)26(30)34-25-22-10-19-11-23(25)14-29(12-19,13-22)27(31)33-16-32-15-24-20-6-17-5-18(8-20)9-21(24)7-17;1-6-18(4,5)17(20)21-19(12(2)3)15-8-13-7-14(10-15)11-16(19)9-13;1-4-16(2,3)15(19)20-7-11(17)21-12-8-5-9-10(6-8)14(18)22-13(9)12;1-4-14(2,3)13(17)19-16-8-11-5-12(9-16)7-15(18,6-11)10-16;1-4-10(2,3)9(12)14-7-5-6-13-8(7)11;;;;;;;;;;/h17-25H,4-16H2,1-3H3;12-16H,6-11H2,1-5H3;8-10,12-13H,4-7H2,1-3H3;11-12,18H,4-10H2,1-3H3;7H,4-6H2,1-3H3;10*1H4. The molecular weight excluding hydrogens is 1520 g/mol. The molecule has 20 rings (SSSR count). The van der Waals surface area contributed by atoms with E-state index >= 15 is 0 Å². The van der Waals surface area contributed by atoms with Crippen molar-refractivity contribution in [3.8, 4) is 0 Å². The van der Waals surface area contributed by atoms with E-state index in [9.17, 15) is 48.3 Å². The van der Waals surface area contributed by atoms with Crippen LogP contribution in [0.2, 0.25) is 0 Å². The van der Waals surface area contributed by atoms with Crippen LogP contribution in [0, 0.1) is 139 Å². The van der Waals surface area contributed by atoms with E-state index in [1.165, 1.54) is 70.6 Å². The lowest BCUT2D eigenvalue weighted by molar-refractivity contribution is -0.231. The van der Waals surface area contributed by atoms with Crippen molar-refractivity contribution < 1.29 is 95.6 Å². The number of ether oxygens (including phenoxy) is 10. The molecule has 0 spiro atoms. The van der Waals surface area contributed by atoms with Crippen molar-refractivity contribution in [1.82, 2.24) is 0 Å². The van der Waals surface area contributed by atoms with Crippen LogP contribution < -0.4 is 0 Å². The first-order valence-corrected chi connectivity index (χ1v) is 43.7. The molecule has 0 aromatic heterocycles. The Labute approximate surface area is 730 Å². The topological polar surface area (TPSA) is 266 Å². The fourth-order valence-corrected chi connectivity index (χ4v) is 24.6. The van der Waals surface area contributed by atoms with Crippen LogP contribution in [0.5, 0.6) is 0 Å². The lowest BCUT2D eigenvalue weighted by atomic mass is 9.47. The molecule has 2 aliphatic heterocycles.